The number of carbonyl (C=O) groups is 2. The molecule has 1 saturated heterocycles. The summed E-state index contributed by atoms with van der Waals surface area (Å²) in [4.78, 5) is 27.1. The van der Waals surface area contributed by atoms with E-state index in [0.717, 1.165) is 16.8 Å². The van der Waals surface area contributed by atoms with Gasteiger partial charge in [-0.25, -0.2) is 8.42 Å². The van der Waals surface area contributed by atoms with E-state index in [4.69, 9.17) is 0 Å². The van der Waals surface area contributed by atoms with Crippen LogP contribution in [0.5, 0.6) is 0 Å². The smallest absolute Gasteiger partial charge is 0.243 e. The van der Waals surface area contributed by atoms with Gasteiger partial charge in [0.05, 0.1) is 10.8 Å². The number of nitrogens with zero attached hydrogens (tertiary/aromatic N) is 2. The van der Waals surface area contributed by atoms with Crippen molar-refractivity contribution >= 4 is 33.2 Å². The second kappa shape index (κ2) is 9.79. The molecular formula is C26H27N3O4S. The van der Waals surface area contributed by atoms with E-state index in [0.29, 0.717) is 12.2 Å². The first-order valence-corrected chi connectivity index (χ1v) is 12.5. The first-order chi connectivity index (χ1) is 16.3. The Kier molecular flexibility index (Phi) is 6.81. The van der Waals surface area contributed by atoms with Crippen molar-refractivity contribution in [1.82, 2.24) is 4.31 Å². The van der Waals surface area contributed by atoms with E-state index in [1.165, 1.54) is 23.5 Å². The fraction of sp³-hybridized carbons (Fsp3) is 0.231. The van der Waals surface area contributed by atoms with Gasteiger partial charge in [-0.3, -0.25) is 9.59 Å². The zero-order valence-corrected chi connectivity index (χ0v) is 20.0. The maximum absolute atomic E-state index is 12.9. The van der Waals surface area contributed by atoms with Crippen molar-refractivity contribution in [3.05, 3.63) is 90.0 Å². The van der Waals surface area contributed by atoms with Crippen LogP contribution in [0.3, 0.4) is 0 Å². The maximum atomic E-state index is 12.9. The van der Waals surface area contributed by atoms with Crippen molar-refractivity contribution in [3.8, 4) is 0 Å². The summed E-state index contributed by atoms with van der Waals surface area (Å²) in [6.07, 6.45) is 0.136. The zero-order valence-electron chi connectivity index (χ0n) is 19.1. The summed E-state index contributed by atoms with van der Waals surface area (Å²) in [7, 11) is -2.14. The van der Waals surface area contributed by atoms with E-state index in [9.17, 15) is 18.0 Å². The molecule has 7 nitrogen and oxygen atoms in total. The highest BCUT2D eigenvalue weighted by atomic mass is 32.2. The molecule has 1 fully saturated rings. The van der Waals surface area contributed by atoms with E-state index < -0.39 is 15.9 Å². The molecule has 1 aliphatic heterocycles. The maximum Gasteiger partial charge on any atom is 0.243 e. The molecule has 1 heterocycles. The minimum atomic E-state index is -3.68. The van der Waals surface area contributed by atoms with Crippen LogP contribution in [0.4, 0.5) is 11.4 Å². The monoisotopic (exact) mass is 477 g/mol. The van der Waals surface area contributed by atoms with Crippen molar-refractivity contribution in [1.29, 1.82) is 0 Å². The number of amides is 2. The quantitative estimate of drug-likeness (QED) is 0.561. The second-order valence-electron chi connectivity index (χ2n) is 8.45. The van der Waals surface area contributed by atoms with Gasteiger partial charge in [-0.2, -0.15) is 4.31 Å². The summed E-state index contributed by atoms with van der Waals surface area (Å²) in [6.45, 7) is 2.50. The molecule has 8 heteroatoms. The van der Waals surface area contributed by atoms with E-state index in [-0.39, 0.29) is 29.7 Å². The molecule has 34 heavy (non-hydrogen) atoms. The van der Waals surface area contributed by atoms with E-state index in [2.05, 4.69) is 5.32 Å². The summed E-state index contributed by atoms with van der Waals surface area (Å²) < 4.78 is 27.1. The Morgan fingerprint density at radius 1 is 1.00 bits per heavy atom. The number of rotatable bonds is 7. The van der Waals surface area contributed by atoms with Crippen molar-refractivity contribution in [2.75, 3.05) is 23.8 Å². The standard InChI is InChI=1S/C26H27N3O4S/c1-19-8-6-7-11-24(19)29-18-21(16-25(29)30)26(31)27-22-12-14-23(15-13-22)34(32,33)28(2)17-20-9-4-3-5-10-20/h3-15,21H,16-18H2,1-2H3,(H,27,31)/t21-/m1/s1. The highest BCUT2D eigenvalue weighted by Crippen LogP contribution is 2.28. The molecule has 176 valence electrons. The van der Waals surface area contributed by atoms with Crippen LogP contribution in [0, 0.1) is 12.8 Å². The van der Waals surface area contributed by atoms with Gasteiger partial charge in [0.1, 0.15) is 0 Å². The molecule has 4 rings (SSSR count). The Morgan fingerprint density at radius 2 is 1.65 bits per heavy atom. The largest absolute Gasteiger partial charge is 0.326 e. The number of sulfonamides is 1. The number of hydrogen-bond acceptors (Lipinski definition) is 4. The fourth-order valence-electron chi connectivity index (χ4n) is 4.04. The SMILES string of the molecule is Cc1ccccc1N1C[C@H](C(=O)Nc2ccc(S(=O)(=O)N(C)Cc3ccccc3)cc2)CC1=O. The molecule has 0 radical (unpaired) electrons. The normalized spacial score (nSPS) is 16.1. The first kappa shape index (κ1) is 23.7. The topological polar surface area (TPSA) is 86.8 Å². The summed E-state index contributed by atoms with van der Waals surface area (Å²) in [5.41, 5.74) is 3.17. The first-order valence-electron chi connectivity index (χ1n) is 11.0. The van der Waals surface area contributed by atoms with Gasteiger partial charge in [0.25, 0.3) is 0 Å². The van der Waals surface area contributed by atoms with Crippen molar-refractivity contribution < 1.29 is 18.0 Å². The van der Waals surface area contributed by atoms with Crippen LogP contribution in [0.15, 0.2) is 83.8 Å². The van der Waals surface area contributed by atoms with Crippen LogP contribution in [-0.4, -0.2) is 38.1 Å². The van der Waals surface area contributed by atoms with Crippen molar-refractivity contribution in [2.45, 2.75) is 24.8 Å². The van der Waals surface area contributed by atoms with Gasteiger partial charge >= 0.3 is 0 Å². The Balaban J connectivity index is 1.40. The third-order valence-electron chi connectivity index (χ3n) is 5.98. The van der Waals surface area contributed by atoms with Crippen LogP contribution < -0.4 is 10.2 Å². The fourth-order valence-corrected chi connectivity index (χ4v) is 5.20. The summed E-state index contributed by atoms with van der Waals surface area (Å²) in [5, 5.41) is 2.81. The van der Waals surface area contributed by atoms with Crippen molar-refractivity contribution in [3.63, 3.8) is 0 Å². The van der Waals surface area contributed by atoms with E-state index in [1.807, 2.05) is 61.5 Å². The minimum absolute atomic E-state index is 0.0858. The number of para-hydroxylation sites is 1. The predicted octanol–water partition coefficient (Wildman–Crippen LogP) is 3.81. The number of carbonyl (C=O) groups excluding carboxylic acids is 2. The Hall–Kier alpha value is -3.49. The lowest BCUT2D eigenvalue weighted by molar-refractivity contribution is -0.122. The molecule has 0 bridgehead atoms. The number of anilines is 2. The van der Waals surface area contributed by atoms with Crippen LogP contribution in [0.1, 0.15) is 17.5 Å². The number of hydrogen-bond donors (Lipinski definition) is 1. The zero-order chi connectivity index (χ0) is 24.3. The average molecular weight is 478 g/mol. The lowest BCUT2D eigenvalue weighted by Gasteiger charge is -2.19. The number of nitrogens with one attached hydrogen (secondary N) is 1. The minimum Gasteiger partial charge on any atom is -0.326 e. The Bertz CT molecular complexity index is 1290. The summed E-state index contributed by atoms with van der Waals surface area (Å²) in [5.74, 6) is -0.828. The highest BCUT2D eigenvalue weighted by Gasteiger charge is 2.35. The van der Waals surface area contributed by atoms with Crippen LogP contribution in [0.25, 0.3) is 0 Å². The molecule has 2 amide bonds. The van der Waals surface area contributed by atoms with Crippen LogP contribution >= 0.6 is 0 Å². The molecule has 0 aromatic heterocycles. The molecule has 1 atom stereocenters. The highest BCUT2D eigenvalue weighted by molar-refractivity contribution is 7.89. The molecule has 3 aromatic carbocycles. The van der Waals surface area contributed by atoms with Gasteiger partial charge in [-0.1, -0.05) is 48.5 Å². The van der Waals surface area contributed by atoms with Gasteiger partial charge < -0.3 is 10.2 Å². The lowest BCUT2D eigenvalue weighted by Crippen LogP contribution is -2.28. The third kappa shape index (κ3) is 5.03. The second-order valence-corrected chi connectivity index (χ2v) is 10.5. The van der Waals surface area contributed by atoms with Gasteiger partial charge in [-0.05, 0) is 48.4 Å². The van der Waals surface area contributed by atoms with Gasteiger partial charge in [0.15, 0.2) is 0 Å². The third-order valence-corrected chi connectivity index (χ3v) is 7.80. The molecule has 3 aromatic rings. The van der Waals surface area contributed by atoms with Crippen LogP contribution in [0.2, 0.25) is 0 Å². The Morgan fingerprint density at radius 3 is 2.32 bits per heavy atom. The molecule has 0 spiro atoms. The van der Waals surface area contributed by atoms with Crippen LogP contribution in [-0.2, 0) is 26.2 Å². The number of benzene rings is 3. The van der Waals surface area contributed by atoms with E-state index >= 15 is 0 Å². The van der Waals surface area contributed by atoms with Crippen molar-refractivity contribution in [2.24, 2.45) is 5.92 Å². The molecular weight excluding hydrogens is 450 g/mol. The number of aryl methyl sites for hydroxylation is 1. The van der Waals surface area contributed by atoms with Gasteiger partial charge in [0.2, 0.25) is 21.8 Å². The molecule has 1 N–H and O–H groups in total. The van der Waals surface area contributed by atoms with Gasteiger partial charge in [0, 0.05) is 37.9 Å². The predicted molar refractivity (Wildman–Crippen MR) is 132 cm³/mol. The lowest BCUT2D eigenvalue weighted by atomic mass is 10.1. The Labute approximate surface area is 200 Å². The molecule has 0 aliphatic carbocycles. The summed E-state index contributed by atoms with van der Waals surface area (Å²) >= 11 is 0. The molecule has 0 unspecified atom stereocenters. The average Bonchev–Trinajstić information content (AvgIpc) is 3.22. The molecule has 0 saturated carbocycles. The van der Waals surface area contributed by atoms with Gasteiger partial charge in [-0.15, -0.1) is 0 Å². The van der Waals surface area contributed by atoms with E-state index in [1.54, 1.807) is 17.0 Å². The summed E-state index contributed by atoms with van der Waals surface area (Å²) in [6, 6.07) is 23.0. The molecule has 1 aliphatic rings.